The van der Waals surface area contributed by atoms with E-state index in [1.807, 2.05) is 13.8 Å². The van der Waals surface area contributed by atoms with Gasteiger partial charge in [0.15, 0.2) is 0 Å². The molecule has 0 spiro atoms. The minimum Gasteiger partial charge on any atom is -0.480 e. The third-order valence-electron chi connectivity index (χ3n) is 4.21. The number of primary amides is 2. The van der Waals surface area contributed by atoms with Gasteiger partial charge in [-0.3, -0.25) is 24.0 Å². The van der Waals surface area contributed by atoms with Crippen LogP contribution in [-0.4, -0.2) is 70.5 Å². The maximum Gasteiger partial charge on any atom is 0.327 e. The fourth-order valence-electron chi connectivity index (χ4n) is 2.59. The number of carbonyl (C=O) groups excluding carboxylic acids is 5. The fraction of sp³-hybridized carbons (Fsp3) is 0.667. The predicted molar refractivity (Wildman–Crippen MR) is 117 cm³/mol. The standard InChI is InChI=1S/C18H32N6O7S/c1-8(2)5-9(19)15(27)23-11(6-14(21)26)17(29)22-10(3-4-13(20)25)16(28)24-12(7-32)18(30)31/h8-12,32H,3-7,19H2,1-2H3,(H2,20,25)(H2,21,26)(H,22,29)(H,23,27)(H,24,28)(H,30,31). The minimum absolute atomic E-state index is 0.0926. The van der Waals surface area contributed by atoms with Crippen LogP contribution < -0.4 is 33.2 Å². The third-order valence-corrected chi connectivity index (χ3v) is 4.58. The van der Waals surface area contributed by atoms with E-state index in [4.69, 9.17) is 22.3 Å². The lowest BCUT2D eigenvalue weighted by Crippen LogP contribution is -2.58. The summed E-state index contributed by atoms with van der Waals surface area (Å²) in [6.07, 6.45) is -0.815. The highest BCUT2D eigenvalue weighted by Crippen LogP contribution is 2.05. The predicted octanol–water partition coefficient (Wildman–Crippen LogP) is -3.03. The molecule has 4 unspecified atom stereocenters. The lowest BCUT2D eigenvalue weighted by atomic mass is 10.0. The van der Waals surface area contributed by atoms with Crippen molar-refractivity contribution in [2.24, 2.45) is 23.1 Å². The van der Waals surface area contributed by atoms with Gasteiger partial charge in [-0.05, 0) is 18.8 Å². The molecule has 13 nitrogen and oxygen atoms in total. The summed E-state index contributed by atoms with van der Waals surface area (Å²) in [5.41, 5.74) is 16.0. The summed E-state index contributed by atoms with van der Waals surface area (Å²) in [6.45, 7) is 3.69. The second-order valence-electron chi connectivity index (χ2n) is 7.62. The fourth-order valence-corrected chi connectivity index (χ4v) is 2.84. The molecule has 182 valence electrons. The van der Waals surface area contributed by atoms with E-state index in [-0.39, 0.29) is 24.5 Å². The molecule has 0 saturated heterocycles. The van der Waals surface area contributed by atoms with Crippen molar-refractivity contribution in [1.29, 1.82) is 0 Å². The minimum atomic E-state index is -1.44. The van der Waals surface area contributed by atoms with E-state index in [9.17, 15) is 28.8 Å². The Kier molecular flexibility index (Phi) is 13.0. The van der Waals surface area contributed by atoms with Crippen molar-refractivity contribution >= 4 is 48.1 Å². The Morgan fingerprint density at radius 3 is 1.78 bits per heavy atom. The molecule has 0 aliphatic carbocycles. The molecule has 0 fully saturated rings. The number of carbonyl (C=O) groups is 6. The van der Waals surface area contributed by atoms with Gasteiger partial charge in [0.2, 0.25) is 29.5 Å². The Balaban J connectivity index is 5.49. The number of amides is 5. The van der Waals surface area contributed by atoms with Gasteiger partial charge in [-0.2, -0.15) is 12.6 Å². The summed E-state index contributed by atoms with van der Waals surface area (Å²) in [5, 5.41) is 15.9. The van der Waals surface area contributed by atoms with Gasteiger partial charge in [0.25, 0.3) is 0 Å². The molecular weight excluding hydrogens is 444 g/mol. The van der Waals surface area contributed by atoms with Crippen LogP contribution >= 0.6 is 12.6 Å². The molecule has 0 bridgehead atoms. The highest BCUT2D eigenvalue weighted by atomic mass is 32.1. The average molecular weight is 477 g/mol. The molecule has 32 heavy (non-hydrogen) atoms. The topological polar surface area (TPSA) is 237 Å². The number of hydrogen-bond acceptors (Lipinski definition) is 8. The zero-order valence-corrected chi connectivity index (χ0v) is 18.9. The quantitative estimate of drug-likeness (QED) is 0.113. The molecular formula is C18H32N6O7S. The summed E-state index contributed by atoms with van der Waals surface area (Å²) in [7, 11) is 0. The maximum absolute atomic E-state index is 12.7. The first kappa shape index (κ1) is 29.1. The van der Waals surface area contributed by atoms with E-state index in [0.717, 1.165) is 0 Å². The molecule has 14 heteroatoms. The smallest absolute Gasteiger partial charge is 0.327 e. The van der Waals surface area contributed by atoms with Gasteiger partial charge in [0.05, 0.1) is 12.5 Å². The van der Waals surface area contributed by atoms with Gasteiger partial charge < -0.3 is 38.3 Å². The number of aliphatic carboxylic acids is 1. The third kappa shape index (κ3) is 11.5. The van der Waals surface area contributed by atoms with Crippen LogP contribution in [0.3, 0.4) is 0 Å². The van der Waals surface area contributed by atoms with E-state index >= 15 is 0 Å². The first-order valence-corrected chi connectivity index (χ1v) is 10.5. The largest absolute Gasteiger partial charge is 0.480 e. The molecule has 0 aromatic heterocycles. The normalized spacial score (nSPS) is 14.5. The number of carboxylic acid groups (broad SMARTS) is 1. The Labute approximate surface area is 191 Å². The van der Waals surface area contributed by atoms with E-state index in [2.05, 4.69) is 28.6 Å². The van der Waals surface area contributed by atoms with Crippen LogP contribution in [0.25, 0.3) is 0 Å². The van der Waals surface area contributed by atoms with E-state index in [1.165, 1.54) is 0 Å². The molecule has 0 aromatic carbocycles. The molecule has 10 N–H and O–H groups in total. The van der Waals surface area contributed by atoms with Crippen molar-refractivity contribution in [1.82, 2.24) is 16.0 Å². The lowest BCUT2D eigenvalue weighted by Gasteiger charge is -2.24. The molecule has 0 heterocycles. The van der Waals surface area contributed by atoms with Crippen molar-refractivity contribution < 1.29 is 33.9 Å². The summed E-state index contributed by atoms with van der Waals surface area (Å²) in [6, 6.07) is -5.12. The molecule has 0 radical (unpaired) electrons. The van der Waals surface area contributed by atoms with Crippen molar-refractivity contribution in [2.45, 2.75) is 63.7 Å². The summed E-state index contributed by atoms with van der Waals surface area (Å²) >= 11 is 3.84. The second kappa shape index (κ2) is 14.2. The van der Waals surface area contributed by atoms with Crippen LogP contribution in [-0.2, 0) is 28.8 Å². The number of nitrogens with one attached hydrogen (secondary N) is 3. The molecule has 0 aliphatic heterocycles. The van der Waals surface area contributed by atoms with E-state index in [0.29, 0.717) is 6.42 Å². The monoisotopic (exact) mass is 476 g/mol. The molecule has 4 atom stereocenters. The molecule has 5 amide bonds. The van der Waals surface area contributed by atoms with Crippen molar-refractivity contribution in [3.63, 3.8) is 0 Å². The number of hydrogen-bond donors (Lipinski definition) is 8. The number of nitrogens with two attached hydrogens (primary N) is 3. The highest BCUT2D eigenvalue weighted by Gasteiger charge is 2.31. The van der Waals surface area contributed by atoms with Crippen molar-refractivity contribution in [2.75, 3.05) is 5.75 Å². The summed E-state index contributed by atoms with van der Waals surface area (Å²) in [4.78, 5) is 71.1. The van der Waals surface area contributed by atoms with Crippen LogP contribution in [0.15, 0.2) is 0 Å². The van der Waals surface area contributed by atoms with Crippen LogP contribution in [0.2, 0.25) is 0 Å². The first-order chi connectivity index (χ1) is 14.8. The highest BCUT2D eigenvalue weighted by molar-refractivity contribution is 7.80. The lowest BCUT2D eigenvalue weighted by molar-refractivity contribution is -0.142. The van der Waals surface area contributed by atoms with Gasteiger partial charge in [-0.25, -0.2) is 4.79 Å². The molecule has 0 saturated carbocycles. The van der Waals surface area contributed by atoms with E-state index in [1.54, 1.807) is 0 Å². The molecule has 0 aliphatic rings. The van der Waals surface area contributed by atoms with Crippen LogP contribution in [0.5, 0.6) is 0 Å². The van der Waals surface area contributed by atoms with Crippen molar-refractivity contribution in [3.05, 3.63) is 0 Å². The SMILES string of the molecule is CC(C)CC(N)C(=O)NC(CC(N)=O)C(=O)NC(CCC(N)=O)C(=O)NC(CS)C(=O)O. The Bertz CT molecular complexity index is 718. The molecule has 0 rings (SSSR count). The zero-order valence-electron chi connectivity index (χ0n) is 18.0. The zero-order chi connectivity index (χ0) is 25.0. The Hall–Kier alpha value is -2.87. The summed E-state index contributed by atoms with van der Waals surface area (Å²) in [5.74, 6) is -5.71. The number of carboxylic acids is 1. The molecule has 0 aromatic rings. The van der Waals surface area contributed by atoms with Gasteiger partial charge in [-0.1, -0.05) is 13.8 Å². The number of thiol groups is 1. The van der Waals surface area contributed by atoms with Gasteiger partial charge in [0.1, 0.15) is 18.1 Å². The van der Waals surface area contributed by atoms with Gasteiger partial charge in [-0.15, -0.1) is 0 Å². The van der Waals surface area contributed by atoms with E-state index < -0.39 is 66.1 Å². The van der Waals surface area contributed by atoms with Crippen LogP contribution in [0, 0.1) is 5.92 Å². The summed E-state index contributed by atoms with van der Waals surface area (Å²) < 4.78 is 0. The second-order valence-corrected chi connectivity index (χ2v) is 7.98. The Morgan fingerprint density at radius 2 is 1.34 bits per heavy atom. The van der Waals surface area contributed by atoms with Crippen LogP contribution in [0.1, 0.15) is 39.5 Å². The Morgan fingerprint density at radius 1 is 0.844 bits per heavy atom. The first-order valence-electron chi connectivity index (χ1n) is 9.85. The average Bonchev–Trinajstić information content (AvgIpc) is 2.66. The maximum atomic E-state index is 12.7. The van der Waals surface area contributed by atoms with Gasteiger partial charge >= 0.3 is 5.97 Å². The van der Waals surface area contributed by atoms with Gasteiger partial charge in [0, 0.05) is 12.2 Å². The number of rotatable bonds is 15. The van der Waals surface area contributed by atoms with Crippen molar-refractivity contribution in [3.8, 4) is 0 Å². The van der Waals surface area contributed by atoms with Crippen LogP contribution in [0.4, 0.5) is 0 Å².